The van der Waals surface area contributed by atoms with Gasteiger partial charge in [-0.15, -0.1) is 0 Å². The summed E-state index contributed by atoms with van der Waals surface area (Å²) in [5, 5.41) is 9.15. The second kappa shape index (κ2) is 8.21. The van der Waals surface area contributed by atoms with Crippen LogP contribution in [0.15, 0.2) is 48.1 Å². The predicted molar refractivity (Wildman–Crippen MR) is 85.4 cm³/mol. The molecule has 2 heteroatoms. The van der Waals surface area contributed by atoms with E-state index in [1.54, 1.807) is 12.2 Å². The van der Waals surface area contributed by atoms with E-state index in [4.69, 9.17) is 5.26 Å². The molecule has 0 aromatic heterocycles. The third kappa shape index (κ3) is 5.04. The maximum Gasteiger partial charge on any atom is 0.173 e. The number of hydrogen-bond donors (Lipinski definition) is 0. The summed E-state index contributed by atoms with van der Waals surface area (Å²) < 4.78 is 0. The molecule has 1 fully saturated rings. The van der Waals surface area contributed by atoms with Crippen LogP contribution in [0.1, 0.15) is 44.1 Å². The van der Waals surface area contributed by atoms with Gasteiger partial charge in [-0.3, -0.25) is 4.79 Å². The molecule has 0 atom stereocenters. The van der Waals surface area contributed by atoms with Gasteiger partial charge in [-0.05, 0) is 17.6 Å². The van der Waals surface area contributed by atoms with Crippen molar-refractivity contribution in [2.75, 3.05) is 0 Å². The van der Waals surface area contributed by atoms with Crippen LogP contribution in [0.4, 0.5) is 0 Å². The highest BCUT2D eigenvalue weighted by molar-refractivity contribution is 5.99. The summed E-state index contributed by atoms with van der Waals surface area (Å²) in [5.41, 5.74) is 1.33. The largest absolute Gasteiger partial charge is 0.293 e. The fourth-order valence-electron chi connectivity index (χ4n) is 2.78. The van der Waals surface area contributed by atoms with Crippen LogP contribution in [0, 0.1) is 17.2 Å². The lowest BCUT2D eigenvalue weighted by atomic mass is 9.85. The molecule has 0 unspecified atom stereocenters. The van der Waals surface area contributed by atoms with E-state index in [0.717, 1.165) is 18.4 Å². The fraction of sp³-hybridized carbons (Fsp3) is 0.368. The Kier molecular flexibility index (Phi) is 5.97. The standard InChI is InChI=1S/C19H21NO/c20-15-18(13-7-12-16-8-3-1-4-9-16)19(21)14-17-10-5-2-6-11-17/h1,3-4,7-9,12-13,17H,2,5-6,10-11,14H2/b12-7+,18-13-. The summed E-state index contributed by atoms with van der Waals surface area (Å²) in [4.78, 5) is 12.2. The highest BCUT2D eigenvalue weighted by Crippen LogP contribution is 2.27. The minimum absolute atomic E-state index is 0.0119. The minimum Gasteiger partial charge on any atom is -0.293 e. The van der Waals surface area contributed by atoms with E-state index in [1.165, 1.54) is 19.3 Å². The van der Waals surface area contributed by atoms with E-state index >= 15 is 0 Å². The smallest absolute Gasteiger partial charge is 0.173 e. The van der Waals surface area contributed by atoms with Gasteiger partial charge in [0.2, 0.25) is 0 Å². The average molecular weight is 279 g/mol. The van der Waals surface area contributed by atoms with Gasteiger partial charge in [0.1, 0.15) is 6.07 Å². The number of carbonyl (C=O) groups excluding carboxylic acids is 1. The van der Waals surface area contributed by atoms with E-state index < -0.39 is 0 Å². The Balaban J connectivity index is 1.95. The van der Waals surface area contributed by atoms with Crippen molar-refractivity contribution in [3.63, 3.8) is 0 Å². The highest BCUT2D eigenvalue weighted by atomic mass is 16.1. The number of hydrogen-bond acceptors (Lipinski definition) is 2. The van der Waals surface area contributed by atoms with Crippen molar-refractivity contribution in [2.45, 2.75) is 38.5 Å². The third-order valence-corrected chi connectivity index (χ3v) is 3.97. The van der Waals surface area contributed by atoms with Crippen molar-refractivity contribution in [1.82, 2.24) is 0 Å². The molecule has 1 aromatic carbocycles. The van der Waals surface area contributed by atoms with Crippen LogP contribution in [0.25, 0.3) is 6.08 Å². The van der Waals surface area contributed by atoms with Gasteiger partial charge in [-0.1, -0.05) is 74.6 Å². The van der Waals surface area contributed by atoms with Crippen molar-refractivity contribution in [2.24, 2.45) is 5.92 Å². The number of ketones is 1. The van der Waals surface area contributed by atoms with Gasteiger partial charge in [-0.2, -0.15) is 5.26 Å². The topological polar surface area (TPSA) is 40.9 Å². The van der Waals surface area contributed by atoms with E-state index in [9.17, 15) is 4.79 Å². The number of nitriles is 1. The molecule has 1 aliphatic carbocycles. The molecule has 2 nitrogen and oxygen atoms in total. The zero-order chi connectivity index (χ0) is 14.9. The first kappa shape index (κ1) is 15.3. The van der Waals surface area contributed by atoms with E-state index in [-0.39, 0.29) is 11.4 Å². The molecule has 0 N–H and O–H groups in total. The molecule has 0 spiro atoms. The molecule has 108 valence electrons. The van der Waals surface area contributed by atoms with Crippen molar-refractivity contribution >= 4 is 11.9 Å². The predicted octanol–water partition coefficient (Wildman–Crippen LogP) is 4.69. The Morgan fingerprint density at radius 3 is 2.57 bits per heavy atom. The number of Topliss-reactive ketones (excluding diaryl/α,β-unsaturated/α-hetero) is 1. The van der Waals surface area contributed by atoms with Gasteiger partial charge in [0.25, 0.3) is 0 Å². The molecule has 0 heterocycles. The highest BCUT2D eigenvalue weighted by Gasteiger charge is 2.18. The molecule has 0 radical (unpaired) electrons. The molecule has 0 bridgehead atoms. The first-order valence-electron chi connectivity index (χ1n) is 7.66. The van der Waals surface area contributed by atoms with Crippen LogP contribution in [0.3, 0.4) is 0 Å². The van der Waals surface area contributed by atoms with Crippen LogP contribution in [0.2, 0.25) is 0 Å². The summed E-state index contributed by atoms with van der Waals surface area (Å²) >= 11 is 0. The van der Waals surface area contributed by atoms with Gasteiger partial charge in [0.05, 0.1) is 5.57 Å². The van der Waals surface area contributed by atoms with Crippen molar-refractivity contribution in [1.29, 1.82) is 5.26 Å². The molecule has 1 aromatic rings. The Bertz CT molecular complexity index is 557. The zero-order valence-electron chi connectivity index (χ0n) is 12.3. The van der Waals surface area contributed by atoms with Crippen molar-refractivity contribution in [3.05, 3.63) is 53.6 Å². The van der Waals surface area contributed by atoms with Gasteiger partial charge >= 0.3 is 0 Å². The van der Waals surface area contributed by atoms with Gasteiger partial charge in [0.15, 0.2) is 5.78 Å². The summed E-state index contributed by atoms with van der Waals surface area (Å²) in [6.07, 6.45) is 11.8. The van der Waals surface area contributed by atoms with E-state index in [1.807, 2.05) is 42.5 Å². The number of nitrogens with zero attached hydrogens (tertiary/aromatic N) is 1. The Morgan fingerprint density at radius 1 is 1.19 bits per heavy atom. The van der Waals surface area contributed by atoms with Crippen LogP contribution < -0.4 is 0 Å². The lowest BCUT2D eigenvalue weighted by molar-refractivity contribution is -0.116. The first-order chi connectivity index (χ1) is 10.3. The summed E-state index contributed by atoms with van der Waals surface area (Å²) in [7, 11) is 0. The van der Waals surface area contributed by atoms with Gasteiger partial charge in [-0.25, -0.2) is 0 Å². The molecule has 2 rings (SSSR count). The molecule has 0 saturated heterocycles. The lowest BCUT2D eigenvalue weighted by Crippen LogP contribution is -2.13. The average Bonchev–Trinajstić information content (AvgIpc) is 2.53. The van der Waals surface area contributed by atoms with Crippen molar-refractivity contribution < 1.29 is 4.79 Å². The van der Waals surface area contributed by atoms with Crippen LogP contribution >= 0.6 is 0 Å². The molecule has 0 amide bonds. The number of rotatable bonds is 5. The molecule has 1 saturated carbocycles. The fourth-order valence-corrected chi connectivity index (χ4v) is 2.78. The minimum atomic E-state index is -0.0119. The summed E-state index contributed by atoms with van der Waals surface area (Å²) in [6, 6.07) is 11.9. The molecule has 0 aliphatic heterocycles. The molecular formula is C19H21NO. The quantitative estimate of drug-likeness (QED) is 0.445. The lowest BCUT2D eigenvalue weighted by Gasteiger charge is -2.20. The monoisotopic (exact) mass is 279 g/mol. The van der Waals surface area contributed by atoms with E-state index in [0.29, 0.717) is 12.3 Å². The maximum absolute atomic E-state index is 12.2. The van der Waals surface area contributed by atoms with Crippen molar-refractivity contribution in [3.8, 4) is 6.07 Å². The van der Waals surface area contributed by atoms with Gasteiger partial charge < -0.3 is 0 Å². The molecule has 21 heavy (non-hydrogen) atoms. The van der Waals surface area contributed by atoms with Crippen LogP contribution in [0.5, 0.6) is 0 Å². The summed E-state index contributed by atoms with van der Waals surface area (Å²) in [5.74, 6) is 0.461. The third-order valence-electron chi connectivity index (χ3n) is 3.97. The van der Waals surface area contributed by atoms with E-state index in [2.05, 4.69) is 0 Å². The number of benzene rings is 1. The zero-order valence-corrected chi connectivity index (χ0v) is 12.3. The Morgan fingerprint density at radius 2 is 1.90 bits per heavy atom. The van der Waals surface area contributed by atoms with Gasteiger partial charge in [0, 0.05) is 6.42 Å². The first-order valence-corrected chi connectivity index (χ1v) is 7.66. The maximum atomic E-state index is 12.2. The molecular weight excluding hydrogens is 258 g/mol. The Hall–Kier alpha value is -2.14. The summed E-state index contributed by atoms with van der Waals surface area (Å²) in [6.45, 7) is 0. The Labute approximate surface area is 126 Å². The number of allylic oxidation sites excluding steroid dienone is 3. The van der Waals surface area contributed by atoms with Crippen LogP contribution in [-0.2, 0) is 4.79 Å². The second-order valence-corrected chi connectivity index (χ2v) is 5.59. The second-order valence-electron chi connectivity index (χ2n) is 5.59. The van der Waals surface area contributed by atoms with Crippen LogP contribution in [-0.4, -0.2) is 5.78 Å². The SMILES string of the molecule is N#C/C(=C/C=C/c1ccccc1)C(=O)CC1CCCCC1. The molecule has 1 aliphatic rings. The number of carbonyl (C=O) groups is 1. The normalized spacial score (nSPS) is 16.8.